The lowest BCUT2D eigenvalue weighted by atomic mass is 10.2. The van der Waals surface area contributed by atoms with Gasteiger partial charge in [0.25, 0.3) is 0 Å². The Morgan fingerprint density at radius 3 is 2.05 bits per heavy atom. The first-order chi connectivity index (χ1) is 10.3. The summed E-state index contributed by atoms with van der Waals surface area (Å²) in [4.78, 5) is 10.3. The molecule has 2 aromatic rings. The molecular formula is C14H8Cl2F3NO2. The zero-order chi connectivity index (χ0) is 16.3. The standard InChI is InChI=1S/C14H8Cl2F3NO2/c15-11-5-8(14(17,18)19)6-12(16)13(11)22-10-3-1-9(2-4-10)20-7-21/h1-7H,(H,20,21). The molecule has 0 fully saturated rings. The highest BCUT2D eigenvalue weighted by Gasteiger charge is 2.32. The second kappa shape index (κ2) is 6.46. The van der Waals surface area contributed by atoms with Gasteiger partial charge in [0.05, 0.1) is 15.6 Å². The van der Waals surface area contributed by atoms with Crippen molar-refractivity contribution in [1.82, 2.24) is 0 Å². The van der Waals surface area contributed by atoms with E-state index in [1.807, 2.05) is 0 Å². The molecule has 22 heavy (non-hydrogen) atoms. The average molecular weight is 350 g/mol. The molecule has 0 heterocycles. The van der Waals surface area contributed by atoms with Gasteiger partial charge in [-0.2, -0.15) is 13.2 Å². The maximum Gasteiger partial charge on any atom is 0.416 e. The maximum atomic E-state index is 12.6. The number of hydrogen-bond donors (Lipinski definition) is 1. The third-order valence-electron chi connectivity index (χ3n) is 2.63. The first-order valence-corrected chi connectivity index (χ1v) is 6.61. The zero-order valence-corrected chi connectivity index (χ0v) is 12.3. The van der Waals surface area contributed by atoms with E-state index in [9.17, 15) is 18.0 Å². The molecule has 0 saturated heterocycles. The highest BCUT2D eigenvalue weighted by atomic mass is 35.5. The molecule has 0 aliphatic rings. The molecule has 0 unspecified atom stereocenters. The number of nitrogens with one attached hydrogen (secondary N) is 1. The molecular weight excluding hydrogens is 342 g/mol. The second-order valence-electron chi connectivity index (χ2n) is 4.16. The van der Waals surface area contributed by atoms with Crippen LogP contribution in [-0.4, -0.2) is 6.41 Å². The Kier molecular flexibility index (Phi) is 4.83. The predicted molar refractivity (Wildman–Crippen MR) is 77.7 cm³/mol. The molecule has 0 bridgehead atoms. The second-order valence-corrected chi connectivity index (χ2v) is 4.97. The molecule has 3 nitrogen and oxygen atoms in total. The minimum Gasteiger partial charge on any atom is -0.454 e. The molecule has 0 aromatic heterocycles. The van der Waals surface area contributed by atoms with Crippen LogP contribution in [0, 0.1) is 0 Å². The summed E-state index contributed by atoms with van der Waals surface area (Å²) in [7, 11) is 0. The van der Waals surface area contributed by atoms with Gasteiger partial charge in [-0.05, 0) is 36.4 Å². The van der Waals surface area contributed by atoms with E-state index in [1.165, 1.54) is 12.1 Å². The quantitative estimate of drug-likeness (QED) is 0.753. The van der Waals surface area contributed by atoms with Crippen LogP contribution in [0.4, 0.5) is 18.9 Å². The first kappa shape index (κ1) is 16.5. The van der Waals surface area contributed by atoms with Crippen molar-refractivity contribution >= 4 is 35.3 Å². The Morgan fingerprint density at radius 2 is 1.59 bits per heavy atom. The minimum absolute atomic E-state index is 0.0765. The summed E-state index contributed by atoms with van der Waals surface area (Å²) in [6, 6.07) is 7.60. The Labute approximate surface area is 133 Å². The van der Waals surface area contributed by atoms with E-state index >= 15 is 0 Å². The fourth-order valence-corrected chi connectivity index (χ4v) is 2.19. The van der Waals surface area contributed by atoms with Crippen molar-refractivity contribution in [2.45, 2.75) is 6.18 Å². The number of alkyl halides is 3. The summed E-state index contributed by atoms with van der Waals surface area (Å²) >= 11 is 11.6. The van der Waals surface area contributed by atoms with Gasteiger partial charge < -0.3 is 10.1 Å². The van der Waals surface area contributed by atoms with Gasteiger partial charge in [-0.3, -0.25) is 4.79 Å². The predicted octanol–water partition coefficient (Wildman–Crippen LogP) is 5.37. The van der Waals surface area contributed by atoms with Crippen LogP contribution in [-0.2, 0) is 11.0 Å². The summed E-state index contributed by atoms with van der Waals surface area (Å²) in [5.41, 5.74) is -0.424. The Hall–Kier alpha value is -1.92. The summed E-state index contributed by atoms with van der Waals surface area (Å²) in [5, 5.41) is 1.92. The number of carbonyl (C=O) groups excluding carboxylic acids is 1. The number of benzene rings is 2. The van der Waals surface area contributed by atoms with Crippen molar-refractivity contribution in [1.29, 1.82) is 0 Å². The van der Waals surface area contributed by atoms with Gasteiger partial charge in [0.2, 0.25) is 6.41 Å². The monoisotopic (exact) mass is 349 g/mol. The minimum atomic E-state index is -4.55. The Balaban J connectivity index is 2.28. The molecule has 116 valence electrons. The van der Waals surface area contributed by atoms with Crippen LogP contribution in [0.25, 0.3) is 0 Å². The number of hydrogen-bond acceptors (Lipinski definition) is 2. The van der Waals surface area contributed by atoms with Crippen LogP contribution in [0.5, 0.6) is 11.5 Å². The van der Waals surface area contributed by atoms with Gasteiger partial charge in [0, 0.05) is 5.69 Å². The van der Waals surface area contributed by atoms with Gasteiger partial charge in [-0.1, -0.05) is 23.2 Å². The van der Waals surface area contributed by atoms with E-state index in [4.69, 9.17) is 27.9 Å². The van der Waals surface area contributed by atoms with Crippen LogP contribution < -0.4 is 10.1 Å². The topological polar surface area (TPSA) is 38.3 Å². The van der Waals surface area contributed by atoms with Gasteiger partial charge in [0.15, 0.2) is 5.75 Å². The number of rotatable bonds is 4. The van der Waals surface area contributed by atoms with Gasteiger partial charge in [0.1, 0.15) is 5.75 Å². The number of carbonyl (C=O) groups is 1. The van der Waals surface area contributed by atoms with Crippen molar-refractivity contribution in [3.8, 4) is 11.5 Å². The molecule has 1 N–H and O–H groups in total. The van der Waals surface area contributed by atoms with Crippen LogP contribution in [0.1, 0.15) is 5.56 Å². The lowest BCUT2D eigenvalue weighted by molar-refractivity contribution is -0.137. The van der Waals surface area contributed by atoms with E-state index < -0.39 is 11.7 Å². The lowest BCUT2D eigenvalue weighted by Crippen LogP contribution is -2.05. The van der Waals surface area contributed by atoms with Crippen molar-refractivity contribution in [2.24, 2.45) is 0 Å². The fourth-order valence-electron chi connectivity index (χ4n) is 1.63. The molecule has 0 aliphatic carbocycles. The molecule has 0 radical (unpaired) electrons. The average Bonchev–Trinajstić information content (AvgIpc) is 2.43. The normalized spacial score (nSPS) is 11.1. The summed E-state index contributed by atoms with van der Waals surface area (Å²) in [6.45, 7) is 0. The molecule has 0 spiro atoms. The molecule has 1 amide bonds. The van der Waals surface area contributed by atoms with Crippen LogP contribution in [0.3, 0.4) is 0 Å². The van der Waals surface area contributed by atoms with E-state index in [0.717, 1.165) is 12.1 Å². The van der Waals surface area contributed by atoms with Gasteiger partial charge in [-0.25, -0.2) is 0 Å². The highest BCUT2D eigenvalue weighted by Crippen LogP contribution is 2.41. The van der Waals surface area contributed by atoms with Crippen molar-refractivity contribution in [3.05, 3.63) is 52.0 Å². The highest BCUT2D eigenvalue weighted by molar-refractivity contribution is 6.37. The van der Waals surface area contributed by atoms with E-state index in [0.29, 0.717) is 17.8 Å². The Morgan fingerprint density at radius 1 is 1.05 bits per heavy atom. The molecule has 0 saturated carbocycles. The van der Waals surface area contributed by atoms with E-state index in [2.05, 4.69) is 5.32 Å². The SMILES string of the molecule is O=CNc1ccc(Oc2c(Cl)cc(C(F)(F)F)cc2Cl)cc1. The van der Waals surface area contributed by atoms with Crippen molar-refractivity contribution in [2.75, 3.05) is 5.32 Å². The Bertz CT molecular complexity index is 664. The van der Waals surface area contributed by atoms with E-state index in [1.54, 1.807) is 12.1 Å². The van der Waals surface area contributed by atoms with Crippen LogP contribution in [0.2, 0.25) is 10.0 Å². The van der Waals surface area contributed by atoms with Crippen LogP contribution in [0.15, 0.2) is 36.4 Å². The summed E-state index contributed by atoms with van der Waals surface area (Å²) in [5.74, 6) is 0.229. The van der Waals surface area contributed by atoms with Crippen LogP contribution >= 0.6 is 23.2 Å². The molecule has 2 aromatic carbocycles. The van der Waals surface area contributed by atoms with Gasteiger partial charge in [-0.15, -0.1) is 0 Å². The van der Waals surface area contributed by atoms with Crippen molar-refractivity contribution in [3.63, 3.8) is 0 Å². The number of amides is 1. The summed E-state index contributed by atoms with van der Waals surface area (Å²) < 4.78 is 43.3. The van der Waals surface area contributed by atoms with Crippen molar-refractivity contribution < 1.29 is 22.7 Å². The smallest absolute Gasteiger partial charge is 0.416 e. The lowest BCUT2D eigenvalue weighted by Gasteiger charge is -2.13. The van der Waals surface area contributed by atoms with Gasteiger partial charge >= 0.3 is 6.18 Å². The maximum absolute atomic E-state index is 12.6. The number of halogens is 5. The number of anilines is 1. The molecule has 0 aliphatic heterocycles. The summed E-state index contributed by atoms with van der Waals surface area (Å²) in [6.07, 6.45) is -4.03. The zero-order valence-electron chi connectivity index (χ0n) is 10.7. The third-order valence-corrected chi connectivity index (χ3v) is 3.19. The molecule has 0 atom stereocenters. The first-order valence-electron chi connectivity index (χ1n) is 5.85. The van der Waals surface area contributed by atoms with E-state index in [-0.39, 0.29) is 15.8 Å². The fraction of sp³-hybridized carbons (Fsp3) is 0.0714. The largest absolute Gasteiger partial charge is 0.454 e. The number of ether oxygens (including phenoxy) is 1. The molecule has 2 rings (SSSR count). The third kappa shape index (κ3) is 3.84. The molecule has 8 heteroatoms.